The Morgan fingerprint density at radius 3 is 2.56 bits per heavy atom. The number of ether oxygens (including phenoxy) is 1. The SMILES string of the molecule is CN=C(NCc1coc(-c2ccc(C)cc2)n1)NCC(c1ccc(C)o1)N1CCOCC1. The molecule has 0 aliphatic carbocycles. The molecule has 4 rings (SSSR count). The van der Waals surface area contributed by atoms with Crippen molar-refractivity contribution in [1.29, 1.82) is 0 Å². The lowest BCUT2D eigenvalue weighted by molar-refractivity contribution is 0.0124. The predicted octanol–water partition coefficient (Wildman–Crippen LogP) is 3.29. The van der Waals surface area contributed by atoms with Gasteiger partial charge in [0, 0.05) is 32.2 Å². The number of oxazole rings is 1. The van der Waals surface area contributed by atoms with Gasteiger partial charge in [-0.05, 0) is 38.1 Å². The Hall–Kier alpha value is -3.10. The number of aromatic nitrogens is 1. The summed E-state index contributed by atoms with van der Waals surface area (Å²) in [5.41, 5.74) is 2.98. The third kappa shape index (κ3) is 5.57. The van der Waals surface area contributed by atoms with Gasteiger partial charge >= 0.3 is 0 Å². The van der Waals surface area contributed by atoms with Crippen molar-refractivity contribution in [2.24, 2.45) is 4.99 Å². The molecule has 1 unspecified atom stereocenters. The highest BCUT2D eigenvalue weighted by molar-refractivity contribution is 5.79. The van der Waals surface area contributed by atoms with E-state index in [9.17, 15) is 0 Å². The van der Waals surface area contributed by atoms with E-state index < -0.39 is 0 Å². The maximum absolute atomic E-state index is 5.94. The summed E-state index contributed by atoms with van der Waals surface area (Å²) in [5, 5.41) is 6.74. The molecule has 0 saturated carbocycles. The van der Waals surface area contributed by atoms with E-state index in [1.54, 1.807) is 13.3 Å². The first-order chi connectivity index (χ1) is 15.6. The highest BCUT2D eigenvalue weighted by atomic mass is 16.5. The summed E-state index contributed by atoms with van der Waals surface area (Å²) in [6, 6.07) is 12.3. The van der Waals surface area contributed by atoms with Crippen LogP contribution in [0.25, 0.3) is 11.5 Å². The molecular formula is C24H31N5O3. The molecule has 1 aromatic carbocycles. The van der Waals surface area contributed by atoms with E-state index in [0.29, 0.717) is 24.9 Å². The first-order valence-corrected chi connectivity index (χ1v) is 11.0. The first-order valence-electron chi connectivity index (χ1n) is 11.0. The number of hydrogen-bond acceptors (Lipinski definition) is 6. The number of aliphatic imine (C=N–C) groups is 1. The maximum atomic E-state index is 5.94. The van der Waals surface area contributed by atoms with Crippen LogP contribution < -0.4 is 10.6 Å². The summed E-state index contributed by atoms with van der Waals surface area (Å²) >= 11 is 0. The zero-order chi connectivity index (χ0) is 22.3. The van der Waals surface area contributed by atoms with E-state index >= 15 is 0 Å². The number of hydrogen-bond donors (Lipinski definition) is 2. The number of nitrogens with zero attached hydrogens (tertiary/aromatic N) is 3. The second-order valence-electron chi connectivity index (χ2n) is 7.93. The van der Waals surface area contributed by atoms with Crippen molar-refractivity contribution in [1.82, 2.24) is 20.5 Å². The second kappa shape index (κ2) is 10.5. The van der Waals surface area contributed by atoms with Crippen LogP contribution in [0.15, 0.2) is 56.5 Å². The monoisotopic (exact) mass is 437 g/mol. The molecule has 1 fully saturated rings. The molecule has 8 heteroatoms. The van der Waals surface area contributed by atoms with Crippen molar-refractivity contribution in [3.63, 3.8) is 0 Å². The molecular weight excluding hydrogens is 406 g/mol. The molecule has 32 heavy (non-hydrogen) atoms. The van der Waals surface area contributed by atoms with Crippen molar-refractivity contribution in [3.05, 3.63) is 65.4 Å². The van der Waals surface area contributed by atoms with Gasteiger partial charge in [0.1, 0.15) is 17.8 Å². The molecule has 1 aliphatic heterocycles. The van der Waals surface area contributed by atoms with Crippen LogP contribution in [0.1, 0.15) is 28.8 Å². The van der Waals surface area contributed by atoms with Crippen LogP contribution in [0.5, 0.6) is 0 Å². The molecule has 2 aromatic heterocycles. The van der Waals surface area contributed by atoms with Gasteiger partial charge in [0.2, 0.25) is 5.89 Å². The van der Waals surface area contributed by atoms with Crippen LogP contribution in [0.4, 0.5) is 0 Å². The minimum atomic E-state index is 0.103. The molecule has 0 bridgehead atoms. The standard InChI is InChI=1S/C24H31N5O3/c1-17-4-7-19(8-5-17)23-28-20(16-31-23)14-26-24(25-3)27-15-21(22-9-6-18(2)32-22)29-10-12-30-13-11-29/h4-9,16,21H,10-15H2,1-3H3,(H2,25,26,27). The molecule has 3 heterocycles. The molecule has 0 spiro atoms. The van der Waals surface area contributed by atoms with Crippen LogP contribution >= 0.6 is 0 Å². The van der Waals surface area contributed by atoms with Crippen LogP contribution in [0.3, 0.4) is 0 Å². The first kappa shape index (κ1) is 22.1. The van der Waals surface area contributed by atoms with E-state index in [2.05, 4.69) is 50.6 Å². The van der Waals surface area contributed by atoms with E-state index in [0.717, 1.165) is 49.1 Å². The number of benzene rings is 1. The van der Waals surface area contributed by atoms with Gasteiger partial charge in [-0.3, -0.25) is 9.89 Å². The highest BCUT2D eigenvalue weighted by Gasteiger charge is 2.25. The Bertz CT molecular complexity index is 1020. The summed E-state index contributed by atoms with van der Waals surface area (Å²) in [5.74, 6) is 3.18. The van der Waals surface area contributed by atoms with E-state index in [4.69, 9.17) is 13.6 Å². The van der Waals surface area contributed by atoms with Crippen molar-refractivity contribution in [3.8, 4) is 11.5 Å². The molecule has 8 nitrogen and oxygen atoms in total. The van der Waals surface area contributed by atoms with Gasteiger partial charge in [0.05, 0.1) is 31.5 Å². The molecule has 2 N–H and O–H groups in total. The van der Waals surface area contributed by atoms with Crippen LogP contribution in [-0.4, -0.2) is 55.7 Å². The molecule has 1 saturated heterocycles. The molecule has 1 atom stereocenters. The van der Waals surface area contributed by atoms with Gasteiger partial charge in [0.15, 0.2) is 5.96 Å². The number of rotatable bonds is 7. The van der Waals surface area contributed by atoms with Crippen molar-refractivity contribution >= 4 is 5.96 Å². The van der Waals surface area contributed by atoms with Gasteiger partial charge < -0.3 is 24.2 Å². The highest BCUT2D eigenvalue weighted by Crippen LogP contribution is 2.23. The van der Waals surface area contributed by atoms with Gasteiger partial charge in [-0.2, -0.15) is 0 Å². The predicted molar refractivity (Wildman–Crippen MR) is 123 cm³/mol. The number of furan rings is 1. The average molecular weight is 438 g/mol. The Balaban J connectivity index is 1.35. The van der Waals surface area contributed by atoms with Gasteiger partial charge in [-0.25, -0.2) is 4.98 Å². The quantitative estimate of drug-likeness (QED) is 0.433. The molecule has 0 radical (unpaired) electrons. The number of nitrogens with one attached hydrogen (secondary N) is 2. The lowest BCUT2D eigenvalue weighted by Crippen LogP contribution is -2.46. The van der Waals surface area contributed by atoms with E-state index in [1.807, 2.05) is 25.1 Å². The molecule has 3 aromatic rings. The Kier molecular flexibility index (Phi) is 7.24. The summed E-state index contributed by atoms with van der Waals surface area (Å²) in [7, 11) is 1.76. The normalized spacial score (nSPS) is 16.2. The lowest BCUT2D eigenvalue weighted by Gasteiger charge is -2.33. The zero-order valence-electron chi connectivity index (χ0n) is 18.9. The second-order valence-corrected chi connectivity index (χ2v) is 7.93. The van der Waals surface area contributed by atoms with Crippen molar-refractivity contribution < 1.29 is 13.6 Å². The molecule has 1 aliphatic rings. The fraction of sp³-hybridized carbons (Fsp3) is 0.417. The van der Waals surface area contributed by atoms with Crippen LogP contribution in [0, 0.1) is 13.8 Å². The maximum Gasteiger partial charge on any atom is 0.226 e. The third-order valence-electron chi connectivity index (χ3n) is 5.55. The minimum Gasteiger partial charge on any atom is -0.465 e. The number of aryl methyl sites for hydroxylation is 2. The van der Waals surface area contributed by atoms with Gasteiger partial charge in [-0.15, -0.1) is 0 Å². The Morgan fingerprint density at radius 2 is 1.88 bits per heavy atom. The van der Waals surface area contributed by atoms with Crippen LogP contribution in [0.2, 0.25) is 0 Å². The lowest BCUT2D eigenvalue weighted by atomic mass is 10.1. The average Bonchev–Trinajstić information content (AvgIpc) is 3.46. The zero-order valence-corrected chi connectivity index (χ0v) is 18.9. The van der Waals surface area contributed by atoms with Crippen LogP contribution in [-0.2, 0) is 11.3 Å². The largest absolute Gasteiger partial charge is 0.465 e. The smallest absolute Gasteiger partial charge is 0.226 e. The fourth-order valence-electron chi connectivity index (χ4n) is 3.74. The topological polar surface area (TPSA) is 88.1 Å². The van der Waals surface area contributed by atoms with E-state index in [-0.39, 0.29) is 6.04 Å². The Morgan fingerprint density at radius 1 is 1.09 bits per heavy atom. The van der Waals surface area contributed by atoms with Crippen molar-refractivity contribution in [2.75, 3.05) is 39.9 Å². The minimum absolute atomic E-state index is 0.103. The number of guanidine groups is 1. The molecule has 0 amide bonds. The van der Waals surface area contributed by atoms with Gasteiger partial charge in [-0.1, -0.05) is 17.7 Å². The summed E-state index contributed by atoms with van der Waals surface area (Å²) in [4.78, 5) is 11.3. The van der Waals surface area contributed by atoms with Gasteiger partial charge in [0.25, 0.3) is 0 Å². The van der Waals surface area contributed by atoms with Crippen molar-refractivity contribution in [2.45, 2.75) is 26.4 Å². The summed E-state index contributed by atoms with van der Waals surface area (Å²) in [6.07, 6.45) is 1.68. The summed E-state index contributed by atoms with van der Waals surface area (Å²) in [6.45, 7) is 8.42. The summed E-state index contributed by atoms with van der Waals surface area (Å²) < 4.78 is 17.1. The Labute approximate surface area is 188 Å². The fourth-order valence-corrected chi connectivity index (χ4v) is 3.74. The van der Waals surface area contributed by atoms with E-state index in [1.165, 1.54) is 5.56 Å². The molecule has 170 valence electrons. The number of morpholine rings is 1. The third-order valence-corrected chi connectivity index (χ3v) is 5.55.